The molecule has 2 N–H and O–H groups in total. The summed E-state index contributed by atoms with van der Waals surface area (Å²) in [4.78, 5) is 16.4. The van der Waals surface area contributed by atoms with E-state index < -0.39 is 6.10 Å². The third kappa shape index (κ3) is 4.66. The number of pyridine rings is 1. The van der Waals surface area contributed by atoms with Crippen molar-refractivity contribution in [3.63, 3.8) is 0 Å². The Morgan fingerprint density at radius 1 is 1.24 bits per heavy atom. The number of nitrogens with zero attached hydrogens (tertiary/aromatic N) is 1. The molecule has 0 fully saturated rings. The van der Waals surface area contributed by atoms with Crippen molar-refractivity contribution in [2.75, 3.05) is 25.5 Å². The fourth-order valence-electron chi connectivity index (χ4n) is 1.87. The Kier molecular flexibility index (Phi) is 5.87. The van der Waals surface area contributed by atoms with E-state index in [1.165, 1.54) is 0 Å². The molecule has 0 saturated carbocycles. The number of carbonyl (C=O) groups excluding carboxylic acids is 1. The number of aromatic nitrogens is 1. The molecular formula is C16H19N3O2. The summed E-state index contributed by atoms with van der Waals surface area (Å²) in [6, 6.07) is 13.0. The quantitative estimate of drug-likeness (QED) is 0.764. The fraction of sp³-hybridized carbons (Fsp3) is 0.250. The summed E-state index contributed by atoms with van der Waals surface area (Å²) in [5, 5.41) is 5.82. The van der Waals surface area contributed by atoms with Gasteiger partial charge in [0.1, 0.15) is 0 Å². The number of nitrogens with one attached hydrogen (secondary N) is 2. The van der Waals surface area contributed by atoms with Gasteiger partial charge in [0, 0.05) is 12.7 Å². The zero-order chi connectivity index (χ0) is 14.9. The summed E-state index contributed by atoms with van der Waals surface area (Å²) < 4.78 is 5.71. The van der Waals surface area contributed by atoms with Crippen molar-refractivity contribution < 1.29 is 9.53 Å². The Bertz CT molecular complexity index is 546. The number of hydrogen-bond acceptors (Lipinski definition) is 4. The van der Waals surface area contributed by atoms with Gasteiger partial charge in [-0.15, -0.1) is 0 Å². The van der Waals surface area contributed by atoms with Crippen molar-refractivity contribution >= 4 is 11.6 Å². The first-order valence-electron chi connectivity index (χ1n) is 6.83. The molecule has 0 bridgehead atoms. The summed E-state index contributed by atoms with van der Waals surface area (Å²) in [5.41, 5.74) is 1.48. The summed E-state index contributed by atoms with van der Waals surface area (Å²) in [7, 11) is 1.84. The molecule has 5 heteroatoms. The van der Waals surface area contributed by atoms with Crippen LogP contribution in [0.5, 0.6) is 0 Å². The highest BCUT2D eigenvalue weighted by Crippen LogP contribution is 2.19. The van der Waals surface area contributed by atoms with Crippen LogP contribution in [0, 0.1) is 0 Å². The number of carbonyl (C=O) groups is 1. The zero-order valence-corrected chi connectivity index (χ0v) is 12.0. The minimum Gasteiger partial charge on any atom is -0.362 e. The second kappa shape index (κ2) is 8.14. The van der Waals surface area contributed by atoms with E-state index in [-0.39, 0.29) is 5.91 Å². The molecule has 1 unspecified atom stereocenters. The van der Waals surface area contributed by atoms with Crippen LogP contribution in [0.15, 0.2) is 54.9 Å². The Balaban J connectivity index is 2.09. The summed E-state index contributed by atoms with van der Waals surface area (Å²) in [6.45, 7) is 1.14. The van der Waals surface area contributed by atoms with E-state index in [9.17, 15) is 4.79 Å². The highest BCUT2D eigenvalue weighted by atomic mass is 16.5. The summed E-state index contributed by atoms with van der Waals surface area (Å²) in [6.07, 6.45) is 2.63. The predicted octanol–water partition coefficient (Wildman–Crippen LogP) is 2.00. The largest absolute Gasteiger partial charge is 0.362 e. The molecule has 0 radical (unpaired) electrons. The van der Waals surface area contributed by atoms with Crippen molar-refractivity contribution in [2.24, 2.45) is 0 Å². The van der Waals surface area contributed by atoms with Crippen molar-refractivity contribution in [2.45, 2.75) is 6.10 Å². The second-order valence-electron chi connectivity index (χ2n) is 4.50. The minimum absolute atomic E-state index is 0.203. The molecule has 1 aromatic heterocycles. The molecule has 0 saturated heterocycles. The molecule has 0 aliphatic carbocycles. The van der Waals surface area contributed by atoms with Crippen molar-refractivity contribution in [3.05, 3.63) is 60.4 Å². The van der Waals surface area contributed by atoms with Crippen LogP contribution in [0.1, 0.15) is 11.7 Å². The molecule has 1 atom stereocenters. The Labute approximate surface area is 124 Å². The Morgan fingerprint density at radius 2 is 2.05 bits per heavy atom. The molecule has 5 nitrogen and oxygen atoms in total. The summed E-state index contributed by atoms with van der Waals surface area (Å²) >= 11 is 0. The van der Waals surface area contributed by atoms with Gasteiger partial charge < -0.3 is 15.4 Å². The van der Waals surface area contributed by atoms with E-state index in [1.807, 2.05) is 37.4 Å². The molecule has 21 heavy (non-hydrogen) atoms. The van der Waals surface area contributed by atoms with Crippen LogP contribution in [0.4, 0.5) is 5.69 Å². The third-order valence-electron chi connectivity index (χ3n) is 2.91. The normalized spacial score (nSPS) is 11.9. The van der Waals surface area contributed by atoms with Gasteiger partial charge in [0.05, 0.1) is 18.5 Å². The molecule has 1 heterocycles. The standard InChI is InChI=1S/C16H19N3O2/c1-17-10-11-21-15(13-6-3-2-4-7-13)16(20)19-14-8-5-9-18-12-14/h2-9,12,15,17H,10-11H2,1H3,(H,19,20). The van der Waals surface area contributed by atoms with Gasteiger partial charge in [-0.2, -0.15) is 0 Å². The second-order valence-corrected chi connectivity index (χ2v) is 4.50. The van der Waals surface area contributed by atoms with E-state index in [0.717, 1.165) is 5.56 Å². The molecule has 1 aromatic carbocycles. The third-order valence-corrected chi connectivity index (χ3v) is 2.91. The molecule has 0 aliphatic rings. The zero-order valence-electron chi connectivity index (χ0n) is 12.0. The minimum atomic E-state index is -0.639. The van der Waals surface area contributed by atoms with Crippen LogP contribution >= 0.6 is 0 Å². The molecule has 2 rings (SSSR count). The first-order valence-corrected chi connectivity index (χ1v) is 6.83. The van der Waals surface area contributed by atoms with Crippen LogP contribution in [-0.4, -0.2) is 31.1 Å². The van der Waals surface area contributed by atoms with Gasteiger partial charge in [-0.25, -0.2) is 0 Å². The van der Waals surface area contributed by atoms with Gasteiger partial charge in [-0.3, -0.25) is 9.78 Å². The van der Waals surface area contributed by atoms with Crippen LogP contribution in [0.3, 0.4) is 0 Å². The molecule has 0 aliphatic heterocycles. The number of likely N-dealkylation sites (N-methyl/N-ethyl adjacent to an activating group) is 1. The van der Waals surface area contributed by atoms with E-state index in [1.54, 1.807) is 24.5 Å². The number of anilines is 1. The topological polar surface area (TPSA) is 63.2 Å². The van der Waals surface area contributed by atoms with Crippen molar-refractivity contribution in [1.29, 1.82) is 0 Å². The summed E-state index contributed by atoms with van der Waals surface area (Å²) in [5.74, 6) is -0.203. The Hall–Kier alpha value is -2.24. The number of hydrogen-bond donors (Lipinski definition) is 2. The Morgan fingerprint density at radius 3 is 2.71 bits per heavy atom. The van der Waals surface area contributed by atoms with E-state index in [4.69, 9.17) is 4.74 Å². The van der Waals surface area contributed by atoms with Crippen LogP contribution < -0.4 is 10.6 Å². The lowest BCUT2D eigenvalue weighted by Crippen LogP contribution is -2.26. The van der Waals surface area contributed by atoms with E-state index >= 15 is 0 Å². The number of amides is 1. The van der Waals surface area contributed by atoms with Crippen molar-refractivity contribution in [1.82, 2.24) is 10.3 Å². The van der Waals surface area contributed by atoms with Gasteiger partial charge in [0.2, 0.25) is 0 Å². The van der Waals surface area contributed by atoms with E-state index in [0.29, 0.717) is 18.8 Å². The highest BCUT2D eigenvalue weighted by molar-refractivity contribution is 5.94. The first-order chi connectivity index (χ1) is 10.3. The monoisotopic (exact) mass is 285 g/mol. The van der Waals surface area contributed by atoms with Gasteiger partial charge >= 0.3 is 0 Å². The lowest BCUT2D eigenvalue weighted by molar-refractivity contribution is -0.127. The first kappa shape index (κ1) is 15.2. The predicted molar refractivity (Wildman–Crippen MR) is 81.9 cm³/mol. The molecule has 110 valence electrons. The average molecular weight is 285 g/mol. The van der Waals surface area contributed by atoms with Crippen LogP contribution in [0.25, 0.3) is 0 Å². The molecular weight excluding hydrogens is 266 g/mol. The highest BCUT2D eigenvalue weighted by Gasteiger charge is 2.21. The maximum Gasteiger partial charge on any atom is 0.258 e. The van der Waals surface area contributed by atoms with Crippen LogP contribution in [-0.2, 0) is 9.53 Å². The smallest absolute Gasteiger partial charge is 0.258 e. The molecule has 1 amide bonds. The maximum atomic E-state index is 12.4. The number of ether oxygens (including phenoxy) is 1. The van der Waals surface area contributed by atoms with Gasteiger partial charge in [0.15, 0.2) is 6.10 Å². The van der Waals surface area contributed by atoms with Gasteiger partial charge in [-0.1, -0.05) is 30.3 Å². The van der Waals surface area contributed by atoms with Crippen LogP contribution in [0.2, 0.25) is 0 Å². The lowest BCUT2D eigenvalue weighted by Gasteiger charge is -2.18. The molecule has 0 spiro atoms. The average Bonchev–Trinajstić information content (AvgIpc) is 2.53. The SMILES string of the molecule is CNCCOC(C(=O)Nc1cccnc1)c1ccccc1. The number of rotatable bonds is 7. The lowest BCUT2D eigenvalue weighted by atomic mass is 10.1. The molecule has 2 aromatic rings. The fourth-order valence-corrected chi connectivity index (χ4v) is 1.87. The maximum absolute atomic E-state index is 12.4. The van der Waals surface area contributed by atoms with Crippen molar-refractivity contribution in [3.8, 4) is 0 Å². The van der Waals surface area contributed by atoms with Gasteiger partial charge in [0.25, 0.3) is 5.91 Å². The number of benzene rings is 1. The van der Waals surface area contributed by atoms with E-state index in [2.05, 4.69) is 15.6 Å². The van der Waals surface area contributed by atoms with Gasteiger partial charge in [-0.05, 0) is 24.7 Å².